The first-order valence-electron chi connectivity index (χ1n) is 17.2. The van der Waals surface area contributed by atoms with Gasteiger partial charge < -0.3 is 28.4 Å². The van der Waals surface area contributed by atoms with Gasteiger partial charge in [0.15, 0.2) is 22.4 Å². The molecule has 8 atom stereocenters. The second kappa shape index (κ2) is 16.0. The van der Waals surface area contributed by atoms with Crippen molar-refractivity contribution in [3.05, 3.63) is 12.1 Å². The maximum Gasteiger partial charge on any atom is 0.480 e. The molecular formula is C33H67BO6Si2. The Morgan fingerprint density at radius 1 is 1.02 bits per heavy atom. The fourth-order valence-electron chi connectivity index (χ4n) is 6.68. The van der Waals surface area contributed by atoms with Crippen molar-refractivity contribution in [2.45, 2.75) is 181 Å². The molecule has 2 aliphatic heterocycles. The molecule has 42 heavy (non-hydrogen) atoms. The third-order valence-corrected chi connectivity index (χ3v) is 20.4. The van der Waals surface area contributed by atoms with Crippen molar-refractivity contribution in [3.63, 3.8) is 0 Å². The van der Waals surface area contributed by atoms with Gasteiger partial charge in [-0.2, -0.15) is 0 Å². The number of allylic oxidation sites excluding steroid dienone is 1. The van der Waals surface area contributed by atoms with Crippen LogP contribution < -0.4 is 0 Å². The maximum atomic E-state index is 9.35. The number of rotatable bonds is 15. The fourth-order valence-corrected chi connectivity index (χ4v) is 11.1. The molecule has 2 N–H and O–H groups in total. The molecular weight excluding hydrogens is 559 g/mol. The van der Waals surface area contributed by atoms with Crippen molar-refractivity contribution < 1.29 is 28.4 Å². The molecule has 0 aromatic rings. The van der Waals surface area contributed by atoms with E-state index >= 15 is 0 Å². The van der Waals surface area contributed by atoms with Crippen molar-refractivity contribution in [2.24, 2.45) is 17.8 Å². The quantitative estimate of drug-likeness (QED) is 0.178. The summed E-state index contributed by atoms with van der Waals surface area (Å²) in [5.74, 6) is 1.88. The van der Waals surface area contributed by atoms with Crippen molar-refractivity contribution in [3.8, 4) is 0 Å². The molecule has 0 unspecified atom stereocenters. The zero-order chi connectivity index (χ0) is 31.9. The van der Waals surface area contributed by atoms with E-state index in [0.717, 1.165) is 63.1 Å². The lowest BCUT2D eigenvalue weighted by molar-refractivity contribution is -0.346. The highest BCUT2D eigenvalue weighted by atomic mass is 28.4. The van der Waals surface area contributed by atoms with E-state index in [0.29, 0.717) is 5.92 Å². The second-order valence-corrected chi connectivity index (χ2v) is 24.7. The average molecular weight is 627 g/mol. The zero-order valence-corrected chi connectivity index (χ0v) is 31.4. The lowest BCUT2D eigenvalue weighted by Crippen LogP contribution is -2.59. The Labute approximate surface area is 262 Å². The Bertz CT molecular complexity index is 822. The normalized spacial score (nSPS) is 31.0. The molecule has 2 fully saturated rings. The van der Waals surface area contributed by atoms with Crippen LogP contribution >= 0.6 is 0 Å². The zero-order valence-electron chi connectivity index (χ0n) is 29.4. The van der Waals surface area contributed by atoms with E-state index in [-0.39, 0.29) is 41.3 Å². The second-order valence-electron chi connectivity index (χ2n) is 15.2. The Balaban J connectivity index is 2.30. The Kier molecular flexibility index (Phi) is 14.6. The van der Waals surface area contributed by atoms with Gasteiger partial charge in [0, 0.05) is 24.9 Å². The lowest BCUT2D eigenvalue weighted by atomic mass is 9.80. The summed E-state index contributed by atoms with van der Waals surface area (Å²) in [6.07, 6.45) is 8.80. The van der Waals surface area contributed by atoms with Crippen molar-refractivity contribution in [1.29, 1.82) is 0 Å². The van der Waals surface area contributed by atoms with Crippen LogP contribution in [0.5, 0.6) is 0 Å². The molecule has 0 radical (unpaired) electrons. The van der Waals surface area contributed by atoms with E-state index in [1.165, 1.54) is 5.98 Å². The first-order chi connectivity index (χ1) is 19.5. The van der Waals surface area contributed by atoms with Crippen molar-refractivity contribution in [2.75, 3.05) is 0 Å². The minimum Gasteiger partial charge on any atom is -0.424 e. The lowest BCUT2D eigenvalue weighted by Gasteiger charge is -2.53. The molecule has 2 rings (SSSR count). The van der Waals surface area contributed by atoms with Crippen LogP contribution in [0.15, 0.2) is 12.1 Å². The first-order valence-corrected chi connectivity index (χ1v) is 22.6. The molecule has 1 spiro atoms. The largest absolute Gasteiger partial charge is 0.480 e. The molecule has 246 valence electrons. The summed E-state index contributed by atoms with van der Waals surface area (Å²) in [6, 6.07) is 3.41. The van der Waals surface area contributed by atoms with Gasteiger partial charge in [-0.05, 0) is 87.1 Å². The monoisotopic (exact) mass is 626 g/mol. The summed E-state index contributed by atoms with van der Waals surface area (Å²) in [5.41, 5.74) is 0. The Morgan fingerprint density at radius 2 is 1.62 bits per heavy atom. The van der Waals surface area contributed by atoms with E-state index in [1.807, 2.05) is 6.08 Å². The third kappa shape index (κ3) is 10.3. The van der Waals surface area contributed by atoms with Crippen molar-refractivity contribution >= 4 is 23.8 Å². The van der Waals surface area contributed by atoms with Crippen LogP contribution in [0.25, 0.3) is 0 Å². The first kappa shape index (κ1) is 38.2. The Hall–Kier alpha value is -0.00130. The van der Waals surface area contributed by atoms with Crippen molar-refractivity contribution in [1.82, 2.24) is 0 Å². The summed E-state index contributed by atoms with van der Waals surface area (Å²) in [6.45, 7) is 27.5. The molecule has 2 heterocycles. The third-order valence-electron chi connectivity index (χ3n) is 11.1. The van der Waals surface area contributed by atoms with Gasteiger partial charge in [0.2, 0.25) is 0 Å². The molecule has 2 aliphatic rings. The van der Waals surface area contributed by atoms with Gasteiger partial charge >= 0.3 is 7.12 Å². The van der Waals surface area contributed by atoms with Gasteiger partial charge in [0.05, 0.1) is 18.3 Å². The molecule has 9 heteroatoms. The highest BCUT2D eigenvalue weighted by Crippen LogP contribution is 2.47. The minimum absolute atomic E-state index is 0.0393. The van der Waals surface area contributed by atoms with E-state index in [9.17, 15) is 10.0 Å². The van der Waals surface area contributed by atoms with Gasteiger partial charge in [-0.1, -0.05) is 74.4 Å². The highest BCUT2D eigenvalue weighted by molar-refractivity contribution is 6.74. The van der Waals surface area contributed by atoms with Gasteiger partial charge in [-0.25, -0.2) is 0 Å². The standard InChI is InChI=1S/C33H67BO6Si2/c1-13-28(20-22-34(35)36)17-18-29-27(7)31(40-42(14-2,15-3)16-4)24-33(37-29)21-19-25(5)30(38-33)23-26(6)39-41(11,12)32(8,9)10/h20,22,25-31,35-36H,13-19,21,23-24H2,1-12H3/b22-20+/t25-,26+,27+,28+,29-,30-,31-,33-/m0/s1. The summed E-state index contributed by atoms with van der Waals surface area (Å²) < 4.78 is 28.2. The molecule has 0 saturated carbocycles. The number of hydrogen-bond donors (Lipinski definition) is 2. The number of ether oxygens (including phenoxy) is 2. The molecule has 0 aromatic heterocycles. The van der Waals surface area contributed by atoms with Gasteiger partial charge in [0.25, 0.3) is 0 Å². The number of hydrogen-bond acceptors (Lipinski definition) is 6. The average Bonchev–Trinajstić information content (AvgIpc) is 2.91. The summed E-state index contributed by atoms with van der Waals surface area (Å²) in [5, 5.41) is 18.9. The predicted molar refractivity (Wildman–Crippen MR) is 181 cm³/mol. The summed E-state index contributed by atoms with van der Waals surface area (Å²) in [7, 11) is -5.10. The van der Waals surface area contributed by atoms with Crippen LogP contribution in [0, 0.1) is 17.8 Å². The van der Waals surface area contributed by atoms with E-state index < -0.39 is 29.5 Å². The smallest absolute Gasteiger partial charge is 0.424 e. The van der Waals surface area contributed by atoms with Crippen LogP contribution in [0.1, 0.15) is 114 Å². The van der Waals surface area contributed by atoms with Gasteiger partial charge in [0.1, 0.15) is 0 Å². The summed E-state index contributed by atoms with van der Waals surface area (Å²) >= 11 is 0. The van der Waals surface area contributed by atoms with Gasteiger partial charge in [-0.3, -0.25) is 0 Å². The van der Waals surface area contributed by atoms with E-state index in [2.05, 4.69) is 82.3 Å². The maximum absolute atomic E-state index is 9.35. The summed E-state index contributed by atoms with van der Waals surface area (Å²) in [4.78, 5) is 0. The molecule has 0 aromatic carbocycles. The van der Waals surface area contributed by atoms with Crippen LogP contribution in [-0.4, -0.2) is 64.0 Å². The predicted octanol–water partition coefficient (Wildman–Crippen LogP) is 8.49. The molecule has 0 amide bonds. The molecule has 0 aliphatic carbocycles. The topological polar surface area (TPSA) is 77.4 Å². The van der Waals surface area contributed by atoms with E-state index in [4.69, 9.17) is 18.3 Å². The van der Waals surface area contributed by atoms with Gasteiger partial charge in [-0.15, -0.1) is 0 Å². The minimum atomic E-state index is -1.87. The van der Waals surface area contributed by atoms with Crippen LogP contribution in [0.3, 0.4) is 0 Å². The van der Waals surface area contributed by atoms with Crippen LogP contribution in [0.4, 0.5) is 0 Å². The Morgan fingerprint density at radius 3 is 2.14 bits per heavy atom. The SMILES string of the molecule is CC[C@@H](/C=C/B(O)O)CC[C@@H]1O[C@]2(CC[C@H](C)[C@H](C[C@@H](C)O[Si](C)(C)C(C)(C)C)O2)C[C@H](O[Si](CC)(CC)CC)[C@@H]1C. The molecule has 6 nitrogen and oxygen atoms in total. The highest BCUT2D eigenvalue weighted by Gasteiger charge is 2.52. The molecule has 2 saturated heterocycles. The fraction of sp³-hybridized carbons (Fsp3) is 0.939. The van der Waals surface area contributed by atoms with Crippen LogP contribution in [-0.2, 0) is 18.3 Å². The molecule has 0 bridgehead atoms. The van der Waals surface area contributed by atoms with Crippen LogP contribution in [0.2, 0.25) is 36.3 Å². The van der Waals surface area contributed by atoms with E-state index in [1.54, 1.807) is 0 Å².